The molecule has 0 bridgehead atoms. The Kier molecular flexibility index (Phi) is 5.04. The van der Waals surface area contributed by atoms with Crippen LogP contribution in [-0.4, -0.2) is 32.5 Å². The number of rotatable bonds is 5. The van der Waals surface area contributed by atoms with Crippen molar-refractivity contribution < 1.29 is 8.42 Å². The van der Waals surface area contributed by atoms with E-state index in [1.165, 1.54) is 6.26 Å². The lowest BCUT2D eigenvalue weighted by Crippen LogP contribution is -2.39. The van der Waals surface area contributed by atoms with Gasteiger partial charge in [-0.15, -0.1) is 6.42 Å². The van der Waals surface area contributed by atoms with Gasteiger partial charge in [0.25, 0.3) is 0 Å². The van der Waals surface area contributed by atoms with Crippen LogP contribution in [0.4, 0.5) is 0 Å². The van der Waals surface area contributed by atoms with E-state index >= 15 is 0 Å². The van der Waals surface area contributed by atoms with Gasteiger partial charge in [-0.2, -0.15) is 0 Å². The molecule has 3 nitrogen and oxygen atoms in total. The van der Waals surface area contributed by atoms with E-state index in [0.29, 0.717) is 0 Å². The van der Waals surface area contributed by atoms with Crippen molar-refractivity contribution in [2.75, 3.05) is 12.0 Å². The molecule has 0 saturated carbocycles. The first-order chi connectivity index (χ1) is 5.89. The fourth-order valence-corrected chi connectivity index (χ4v) is 2.13. The number of sulfone groups is 1. The maximum atomic E-state index is 10.9. The molecule has 0 rings (SSSR count). The third kappa shape index (κ3) is 6.62. The fraction of sp³-hybridized carbons (Fsp3) is 0.778. The van der Waals surface area contributed by atoms with E-state index in [1.807, 2.05) is 13.8 Å². The van der Waals surface area contributed by atoms with Crippen LogP contribution in [0, 0.1) is 12.3 Å². The summed E-state index contributed by atoms with van der Waals surface area (Å²) in [7, 11) is -2.92. The van der Waals surface area contributed by atoms with Gasteiger partial charge in [-0.25, -0.2) is 8.42 Å². The summed E-state index contributed by atoms with van der Waals surface area (Å²) in [4.78, 5) is 0. The molecule has 0 spiro atoms. The van der Waals surface area contributed by atoms with Gasteiger partial charge in [0.15, 0.2) is 0 Å². The van der Waals surface area contributed by atoms with Crippen molar-refractivity contribution in [1.82, 2.24) is 5.32 Å². The largest absolute Gasteiger partial charge is 0.300 e. The van der Waals surface area contributed by atoms with Gasteiger partial charge in [-0.05, 0) is 13.3 Å². The van der Waals surface area contributed by atoms with Crippen LogP contribution in [-0.2, 0) is 9.84 Å². The van der Waals surface area contributed by atoms with Crippen molar-refractivity contribution in [2.24, 2.45) is 0 Å². The molecule has 0 aliphatic rings. The predicted molar refractivity (Wildman–Crippen MR) is 55.2 cm³/mol. The van der Waals surface area contributed by atoms with Crippen LogP contribution in [0.25, 0.3) is 0 Å². The van der Waals surface area contributed by atoms with Gasteiger partial charge in [0, 0.05) is 12.3 Å². The van der Waals surface area contributed by atoms with Crippen molar-refractivity contribution in [2.45, 2.75) is 32.4 Å². The molecule has 0 aromatic rings. The summed E-state index contributed by atoms with van der Waals surface area (Å²) in [6.45, 7) is 3.78. The highest BCUT2D eigenvalue weighted by atomic mass is 32.2. The molecule has 0 aromatic carbocycles. The summed E-state index contributed by atoms with van der Waals surface area (Å²) in [5, 5.41) is 3.06. The van der Waals surface area contributed by atoms with Crippen LogP contribution >= 0.6 is 0 Å². The highest BCUT2D eigenvalue weighted by Crippen LogP contribution is 1.95. The first-order valence-corrected chi connectivity index (χ1v) is 6.35. The van der Waals surface area contributed by atoms with Crippen molar-refractivity contribution in [3.63, 3.8) is 0 Å². The van der Waals surface area contributed by atoms with Crippen LogP contribution in [0.2, 0.25) is 0 Å². The average molecular weight is 203 g/mol. The molecule has 1 N–H and O–H groups in total. The quantitative estimate of drug-likeness (QED) is 0.659. The number of nitrogens with one attached hydrogen (secondary N) is 1. The topological polar surface area (TPSA) is 46.2 Å². The summed E-state index contributed by atoms with van der Waals surface area (Å²) in [6.07, 6.45) is 7.27. The zero-order valence-electron chi connectivity index (χ0n) is 8.37. The zero-order chi connectivity index (χ0) is 10.5. The second-order valence-electron chi connectivity index (χ2n) is 3.29. The van der Waals surface area contributed by atoms with Gasteiger partial charge in [0.1, 0.15) is 9.84 Å². The second-order valence-corrected chi connectivity index (χ2v) is 5.47. The maximum absolute atomic E-state index is 10.9. The van der Waals surface area contributed by atoms with E-state index < -0.39 is 9.84 Å². The lowest BCUT2D eigenvalue weighted by molar-refractivity contribution is 0.516. The third-order valence-electron chi connectivity index (χ3n) is 1.65. The molecule has 0 heterocycles. The molecular formula is C9H17NO2S. The molecule has 0 aliphatic heterocycles. The van der Waals surface area contributed by atoms with Gasteiger partial charge in [0.2, 0.25) is 0 Å². The molecule has 0 fully saturated rings. The minimum atomic E-state index is -2.92. The third-order valence-corrected chi connectivity index (χ3v) is 2.75. The fourth-order valence-electron chi connectivity index (χ4n) is 1.13. The monoisotopic (exact) mass is 203 g/mol. The van der Waals surface area contributed by atoms with E-state index in [-0.39, 0.29) is 17.8 Å². The first-order valence-electron chi connectivity index (χ1n) is 4.29. The van der Waals surface area contributed by atoms with E-state index in [1.54, 1.807) is 0 Å². The number of hydrogen-bond acceptors (Lipinski definition) is 3. The Morgan fingerprint density at radius 1 is 1.54 bits per heavy atom. The number of hydrogen-bond donors (Lipinski definition) is 1. The lowest BCUT2D eigenvalue weighted by Gasteiger charge is -2.16. The highest BCUT2D eigenvalue weighted by Gasteiger charge is 2.12. The van der Waals surface area contributed by atoms with Crippen molar-refractivity contribution >= 4 is 9.84 Å². The number of terminal acetylenes is 1. The Hall–Kier alpha value is -0.530. The van der Waals surface area contributed by atoms with Gasteiger partial charge in [0.05, 0.1) is 11.8 Å². The molecular weight excluding hydrogens is 186 g/mol. The summed E-state index contributed by atoms with van der Waals surface area (Å²) >= 11 is 0. The van der Waals surface area contributed by atoms with Crippen LogP contribution in [0.15, 0.2) is 0 Å². The van der Waals surface area contributed by atoms with Gasteiger partial charge in [-0.1, -0.05) is 12.8 Å². The molecule has 13 heavy (non-hydrogen) atoms. The molecule has 0 aromatic heterocycles. The molecule has 0 radical (unpaired) electrons. The van der Waals surface area contributed by atoms with Crippen LogP contribution in [0.1, 0.15) is 20.3 Å². The Bertz CT molecular complexity index is 276. The molecule has 0 aliphatic carbocycles. The molecule has 4 heteroatoms. The van der Waals surface area contributed by atoms with Gasteiger partial charge >= 0.3 is 0 Å². The SMILES string of the molecule is C#CC(CC)NC(C)CS(C)(=O)=O. The van der Waals surface area contributed by atoms with E-state index in [0.717, 1.165) is 6.42 Å². The van der Waals surface area contributed by atoms with Crippen LogP contribution < -0.4 is 5.32 Å². The van der Waals surface area contributed by atoms with Crippen molar-refractivity contribution in [3.8, 4) is 12.3 Å². The molecule has 0 amide bonds. The smallest absolute Gasteiger partial charge is 0.148 e. The summed E-state index contributed by atoms with van der Waals surface area (Å²) in [5.41, 5.74) is 0. The summed E-state index contributed by atoms with van der Waals surface area (Å²) < 4.78 is 21.8. The van der Waals surface area contributed by atoms with Crippen molar-refractivity contribution in [3.05, 3.63) is 0 Å². The van der Waals surface area contributed by atoms with E-state index in [9.17, 15) is 8.42 Å². The Balaban J connectivity index is 4.02. The van der Waals surface area contributed by atoms with E-state index in [4.69, 9.17) is 6.42 Å². The summed E-state index contributed by atoms with van der Waals surface area (Å²) in [6, 6.07) is -0.118. The van der Waals surface area contributed by atoms with Gasteiger partial charge in [-0.3, -0.25) is 0 Å². The van der Waals surface area contributed by atoms with Crippen LogP contribution in [0.5, 0.6) is 0 Å². The molecule has 2 atom stereocenters. The van der Waals surface area contributed by atoms with Crippen molar-refractivity contribution in [1.29, 1.82) is 0 Å². The predicted octanol–water partition coefficient (Wildman–Crippen LogP) is 0.421. The zero-order valence-corrected chi connectivity index (χ0v) is 9.19. The molecule has 76 valence electrons. The minimum absolute atomic E-state index is 0.0308. The second kappa shape index (κ2) is 5.25. The minimum Gasteiger partial charge on any atom is -0.300 e. The highest BCUT2D eigenvalue weighted by molar-refractivity contribution is 7.90. The normalized spacial score (nSPS) is 16.2. The standard InChI is InChI=1S/C9H17NO2S/c1-5-9(6-2)10-8(3)7-13(4,11)12/h1,8-10H,6-7H2,2-4H3. The van der Waals surface area contributed by atoms with Crippen LogP contribution in [0.3, 0.4) is 0 Å². The maximum Gasteiger partial charge on any atom is 0.148 e. The first kappa shape index (κ1) is 12.5. The Morgan fingerprint density at radius 3 is 2.38 bits per heavy atom. The molecule has 2 unspecified atom stereocenters. The summed E-state index contributed by atoms with van der Waals surface area (Å²) in [5.74, 6) is 2.69. The average Bonchev–Trinajstić information content (AvgIpc) is 1.96. The van der Waals surface area contributed by atoms with Gasteiger partial charge < -0.3 is 5.32 Å². The lowest BCUT2D eigenvalue weighted by atomic mass is 10.2. The van der Waals surface area contributed by atoms with E-state index in [2.05, 4.69) is 11.2 Å². The molecule has 0 saturated heterocycles. The Morgan fingerprint density at radius 2 is 2.08 bits per heavy atom. The Labute approximate surface area is 80.8 Å².